The van der Waals surface area contributed by atoms with Gasteiger partial charge in [-0.25, -0.2) is 9.18 Å². The Labute approximate surface area is 125 Å². The van der Waals surface area contributed by atoms with E-state index in [0.717, 1.165) is 6.07 Å². The smallest absolute Gasteiger partial charge is 0.331 e. The summed E-state index contributed by atoms with van der Waals surface area (Å²) < 4.78 is 18.5. The summed E-state index contributed by atoms with van der Waals surface area (Å²) >= 11 is 3.12. The van der Waals surface area contributed by atoms with Crippen molar-refractivity contribution in [2.45, 2.75) is 32.2 Å². The number of hydrogen-bond donors (Lipinski definition) is 1. The molecule has 0 aliphatic heterocycles. The molecule has 1 aromatic rings. The van der Waals surface area contributed by atoms with Gasteiger partial charge >= 0.3 is 5.97 Å². The van der Waals surface area contributed by atoms with E-state index in [1.165, 1.54) is 19.2 Å². The van der Waals surface area contributed by atoms with Crippen LogP contribution in [0.15, 0.2) is 22.7 Å². The van der Waals surface area contributed by atoms with E-state index in [9.17, 15) is 14.0 Å². The normalized spacial score (nSPS) is 13.4. The van der Waals surface area contributed by atoms with Gasteiger partial charge in [0.2, 0.25) is 0 Å². The second-order valence-corrected chi connectivity index (χ2v) is 5.60. The van der Waals surface area contributed by atoms with Crippen molar-refractivity contribution in [1.29, 1.82) is 0 Å². The van der Waals surface area contributed by atoms with E-state index >= 15 is 0 Å². The molecule has 0 fully saturated rings. The van der Waals surface area contributed by atoms with E-state index in [1.807, 2.05) is 6.92 Å². The second-order valence-electron chi connectivity index (χ2n) is 4.69. The van der Waals surface area contributed by atoms with Crippen LogP contribution in [0.1, 0.15) is 37.0 Å². The lowest BCUT2D eigenvalue weighted by atomic mass is 9.95. The number of esters is 1. The summed E-state index contributed by atoms with van der Waals surface area (Å²) in [4.78, 5) is 24.0. The summed E-state index contributed by atoms with van der Waals surface area (Å²) in [5, 5.41) is 2.61. The van der Waals surface area contributed by atoms with Crippen molar-refractivity contribution in [3.63, 3.8) is 0 Å². The molecule has 0 aliphatic carbocycles. The average molecular weight is 346 g/mol. The third-order valence-electron chi connectivity index (χ3n) is 2.90. The van der Waals surface area contributed by atoms with Crippen LogP contribution in [-0.2, 0) is 9.53 Å². The van der Waals surface area contributed by atoms with Crippen LogP contribution < -0.4 is 5.32 Å². The molecule has 0 aromatic heterocycles. The summed E-state index contributed by atoms with van der Waals surface area (Å²) in [5.41, 5.74) is -0.984. The minimum absolute atomic E-state index is 0.142. The molecule has 20 heavy (non-hydrogen) atoms. The number of rotatable bonds is 5. The molecule has 0 radical (unpaired) electrons. The molecule has 0 spiro atoms. The van der Waals surface area contributed by atoms with Crippen LogP contribution in [-0.4, -0.2) is 24.5 Å². The highest BCUT2D eigenvalue weighted by Crippen LogP contribution is 2.18. The highest BCUT2D eigenvalue weighted by atomic mass is 79.9. The lowest BCUT2D eigenvalue weighted by Crippen LogP contribution is -2.52. The predicted molar refractivity (Wildman–Crippen MR) is 76.9 cm³/mol. The largest absolute Gasteiger partial charge is 0.467 e. The molecule has 110 valence electrons. The molecule has 0 aliphatic rings. The zero-order chi connectivity index (χ0) is 15.3. The summed E-state index contributed by atoms with van der Waals surface area (Å²) in [7, 11) is 1.27. The first-order chi connectivity index (χ1) is 9.32. The van der Waals surface area contributed by atoms with Crippen LogP contribution in [0.4, 0.5) is 4.39 Å². The Bertz CT molecular complexity index is 501. The molecule has 1 aromatic carbocycles. The average Bonchev–Trinajstić information content (AvgIpc) is 2.36. The van der Waals surface area contributed by atoms with E-state index < -0.39 is 23.2 Å². The van der Waals surface area contributed by atoms with Crippen molar-refractivity contribution in [3.8, 4) is 0 Å². The first-order valence-corrected chi connectivity index (χ1v) is 6.98. The van der Waals surface area contributed by atoms with Crippen LogP contribution in [0, 0.1) is 5.82 Å². The van der Waals surface area contributed by atoms with Gasteiger partial charge in [0, 0.05) is 10.0 Å². The molecular formula is C14H17BrFNO3. The zero-order valence-corrected chi connectivity index (χ0v) is 13.2. The minimum Gasteiger partial charge on any atom is -0.467 e. The Kier molecular flexibility index (Phi) is 5.68. The standard InChI is InChI=1S/C14H17BrFNO3/c1-4-5-14(2,13(19)20-3)17-12(18)9-6-10(15)8-11(16)7-9/h6-8H,4-5H2,1-3H3,(H,17,18). The number of carbonyl (C=O) groups excluding carboxylic acids is 2. The Hall–Kier alpha value is -1.43. The number of nitrogens with one attached hydrogen (secondary N) is 1. The Balaban J connectivity index is 2.99. The van der Waals surface area contributed by atoms with Gasteiger partial charge in [-0.2, -0.15) is 0 Å². The molecule has 0 saturated carbocycles. The van der Waals surface area contributed by atoms with E-state index in [2.05, 4.69) is 21.2 Å². The fraction of sp³-hybridized carbons (Fsp3) is 0.429. The van der Waals surface area contributed by atoms with Gasteiger partial charge in [0.1, 0.15) is 11.4 Å². The van der Waals surface area contributed by atoms with Crippen molar-refractivity contribution in [2.24, 2.45) is 0 Å². The first-order valence-electron chi connectivity index (χ1n) is 6.19. The van der Waals surface area contributed by atoms with Crippen LogP contribution in [0.2, 0.25) is 0 Å². The molecule has 6 heteroatoms. The quantitative estimate of drug-likeness (QED) is 0.834. The van der Waals surface area contributed by atoms with Gasteiger partial charge in [-0.05, 0) is 31.5 Å². The predicted octanol–water partition coefficient (Wildman–Crippen LogP) is 3.05. The number of hydrogen-bond acceptors (Lipinski definition) is 3. The maximum absolute atomic E-state index is 13.3. The molecular weight excluding hydrogens is 329 g/mol. The van der Waals surface area contributed by atoms with Crippen molar-refractivity contribution in [2.75, 3.05) is 7.11 Å². The number of amides is 1. The van der Waals surface area contributed by atoms with Gasteiger partial charge in [0.15, 0.2) is 0 Å². The van der Waals surface area contributed by atoms with Crippen LogP contribution in [0.5, 0.6) is 0 Å². The molecule has 1 atom stereocenters. The number of halogens is 2. The summed E-state index contributed by atoms with van der Waals surface area (Å²) in [6.45, 7) is 3.49. The van der Waals surface area contributed by atoms with Crippen LogP contribution in [0.3, 0.4) is 0 Å². The molecule has 4 nitrogen and oxygen atoms in total. The van der Waals surface area contributed by atoms with Crippen molar-refractivity contribution in [3.05, 3.63) is 34.1 Å². The summed E-state index contributed by atoms with van der Waals surface area (Å²) in [6.07, 6.45) is 1.13. The summed E-state index contributed by atoms with van der Waals surface area (Å²) in [5.74, 6) is -1.57. The van der Waals surface area contributed by atoms with Crippen molar-refractivity contribution < 1.29 is 18.7 Å². The monoisotopic (exact) mass is 345 g/mol. The van der Waals surface area contributed by atoms with Crippen LogP contribution in [0.25, 0.3) is 0 Å². The molecule has 0 saturated heterocycles. The third kappa shape index (κ3) is 4.03. The first kappa shape index (κ1) is 16.6. The van der Waals surface area contributed by atoms with Gasteiger partial charge < -0.3 is 10.1 Å². The highest BCUT2D eigenvalue weighted by molar-refractivity contribution is 9.10. The summed E-state index contributed by atoms with van der Waals surface area (Å²) in [6, 6.07) is 3.86. The SMILES string of the molecule is CCCC(C)(NC(=O)c1cc(F)cc(Br)c1)C(=O)OC. The van der Waals surface area contributed by atoms with E-state index in [-0.39, 0.29) is 5.56 Å². The number of methoxy groups -OCH3 is 1. The van der Waals surface area contributed by atoms with Gasteiger partial charge in [-0.1, -0.05) is 29.3 Å². The van der Waals surface area contributed by atoms with Gasteiger partial charge in [0.05, 0.1) is 7.11 Å². The maximum Gasteiger partial charge on any atom is 0.331 e. The Morgan fingerprint density at radius 3 is 2.55 bits per heavy atom. The number of benzene rings is 1. The maximum atomic E-state index is 13.3. The van der Waals surface area contributed by atoms with Crippen molar-refractivity contribution >= 4 is 27.8 Å². The fourth-order valence-electron chi connectivity index (χ4n) is 1.95. The van der Waals surface area contributed by atoms with E-state index in [4.69, 9.17) is 4.74 Å². The number of ether oxygens (including phenoxy) is 1. The fourth-order valence-corrected chi connectivity index (χ4v) is 2.41. The van der Waals surface area contributed by atoms with E-state index in [1.54, 1.807) is 6.92 Å². The molecule has 1 N–H and O–H groups in total. The third-order valence-corrected chi connectivity index (χ3v) is 3.36. The highest BCUT2D eigenvalue weighted by Gasteiger charge is 2.35. The molecule has 1 unspecified atom stereocenters. The zero-order valence-electron chi connectivity index (χ0n) is 11.6. The van der Waals surface area contributed by atoms with Gasteiger partial charge in [-0.15, -0.1) is 0 Å². The second kappa shape index (κ2) is 6.83. The van der Waals surface area contributed by atoms with Crippen molar-refractivity contribution in [1.82, 2.24) is 5.32 Å². The molecule has 0 heterocycles. The molecule has 1 rings (SSSR count). The molecule has 0 bridgehead atoms. The Morgan fingerprint density at radius 1 is 1.40 bits per heavy atom. The van der Waals surface area contributed by atoms with Gasteiger partial charge in [0.25, 0.3) is 5.91 Å². The lowest BCUT2D eigenvalue weighted by molar-refractivity contribution is -0.147. The van der Waals surface area contributed by atoms with E-state index in [0.29, 0.717) is 17.3 Å². The topological polar surface area (TPSA) is 55.4 Å². The number of carbonyl (C=O) groups is 2. The lowest BCUT2D eigenvalue weighted by Gasteiger charge is -2.27. The minimum atomic E-state index is -1.13. The van der Waals surface area contributed by atoms with Crippen LogP contribution >= 0.6 is 15.9 Å². The van der Waals surface area contributed by atoms with Gasteiger partial charge in [-0.3, -0.25) is 4.79 Å². The molecule has 1 amide bonds. The Morgan fingerprint density at radius 2 is 2.05 bits per heavy atom.